The fourth-order valence-electron chi connectivity index (χ4n) is 4.19. The molecule has 4 heteroatoms. The third-order valence-electron chi connectivity index (χ3n) is 6.06. The van der Waals surface area contributed by atoms with Crippen molar-refractivity contribution >= 4 is 5.91 Å². The van der Waals surface area contributed by atoms with Gasteiger partial charge >= 0.3 is 0 Å². The Hall–Kier alpha value is -2.17. The summed E-state index contributed by atoms with van der Waals surface area (Å²) in [5.74, 6) is 0.0261. The van der Waals surface area contributed by atoms with Gasteiger partial charge in [-0.1, -0.05) is 42.8 Å². The Labute approximate surface area is 181 Å². The monoisotopic (exact) mass is 408 g/mol. The molecule has 1 heterocycles. The maximum absolute atomic E-state index is 12.4. The summed E-state index contributed by atoms with van der Waals surface area (Å²) in [4.78, 5) is 12.4. The quantitative estimate of drug-likeness (QED) is 0.773. The highest BCUT2D eigenvalue weighted by molar-refractivity contribution is 5.94. The number of carbonyl (C=O) groups is 1. The van der Waals surface area contributed by atoms with Gasteiger partial charge in [0.2, 0.25) is 0 Å². The highest BCUT2D eigenvalue weighted by Crippen LogP contribution is 2.23. The van der Waals surface area contributed by atoms with Gasteiger partial charge in [0, 0.05) is 18.2 Å². The minimum Gasteiger partial charge on any atom is -0.378 e. The Kier molecular flexibility index (Phi) is 8.47. The first kappa shape index (κ1) is 22.5. The number of ether oxygens (including phenoxy) is 1. The van der Waals surface area contributed by atoms with Gasteiger partial charge in [-0.05, 0) is 87.2 Å². The van der Waals surface area contributed by atoms with Crippen molar-refractivity contribution in [1.82, 2.24) is 5.32 Å². The molecule has 4 nitrogen and oxygen atoms in total. The molecular formula is C26H36N2O2. The van der Waals surface area contributed by atoms with E-state index in [1.165, 1.54) is 41.5 Å². The van der Waals surface area contributed by atoms with Crippen LogP contribution >= 0.6 is 0 Å². The number of aryl methyl sites for hydroxylation is 2. The molecule has 30 heavy (non-hydrogen) atoms. The third-order valence-corrected chi connectivity index (χ3v) is 6.06. The molecule has 0 spiro atoms. The lowest BCUT2D eigenvalue weighted by Gasteiger charge is -2.26. The summed E-state index contributed by atoms with van der Waals surface area (Å²) in [7, 11) is 0. The average Bonchev–Trinajstić information content (AvgIpc) is 3.29. The normalized spacial score (nSPS) is 20.1. The number of benzene rings is 2. The van der Waals surface area contributed by atoms with Gasteiger partial charge in [-0.25, -0.2) is 0 Å². The van der Waals surface area contributed by atoms with Crippen molar-refractivity contribution in [3.8, 4) is 0 Å². The molecule has 0 radical (unpaired) electrons. The fourth-order valence-corrected chi connectivity index (χ4v) is 4.19. The van der Waals surface area contributed by atoms with Crippen LogP contribution in [0.4, 0.5) is 0 Å². The Morgan fingerprint density at radius 2 is 1.93 bits per heavy atom. The number of nitrogens with one attached hydrogen (secondary N) is 1. The molecule has 0 bridgehead atoms. The average molecular weight is 409 g/mol. The van der Waals surface area contributed by atoms with E-state index in [4.69, 9.17) is 10.5 Å². The number of amides is 1. The van der Waals surface area contributed by atoms with Gasteiger partial charge in [0.15, 0.2) is 0 Å². The second-order valence-electron chi connectivity index (χ2n) is 8.46. The SMILES string of the molecule is CCC1CCCO1.Cc1ccc(C(=O)NC2CCc3cc(CCN)ccc3C2)cc1. The number of fused-ring (bicyclic) bond motifs is 1. The minimum atomic E-state index is 0.0261. The number of hydrogen-bond acceptors (Lipinski definition) is 3. The second-order valence-corrected chi connectivity index (χ2v) is 8.46. The predicted octanol–water partition coefficient (Wildman–Crippen LogP) is 4.36. The van der Waals surface area contributed by atoms with Crippen molar-refractivity contribution < 1.29 is 9.53 Å². The summed E-state index contributed by atoms with van der Waals surface area (Å²) in [6.45, 7) is 5.89. The maximum Gasteiger partial charge on any atom is 0.251 e. The summed E-state index contributed by atoms with van der Waals surface area (Å²) in [5, 5.41) is 3.18. The number of nitrogens with two attached hydrogens (primary N) is 1. The smallest absolute Gasteiger partial charge is 0.251 e. The van der Waals surface area contributed by atoms with Gasteiger partial charge < -0.3 is 15.8 Å². The van der Waals surface area contributed by atoms with E-state index in [1.807, 2.05) is 31.2 Å². The van der Waals surface area contributed by atoms with Crippen LogP contribution in [0.5, 0.6) is 0 Å². The molecule has 1 aliphatic heterocycles. The predicted molar refractivity (Wildman–Crippen MR) is 123 cm³/mol. The molecule has 0 aromatic heterocycles. The van der Waals surface area contributed by atoms with Crippen LogP contribution in [0.15, 0.2) is 42.5 Å². The lowest BCUT2D eigenvalue weighted by molar-refractivity contribution is 0.0933. The number of carbonyl (C=O) groups excluding carboxylic acids is 1. The number of rotatable bonds is 5. The van der Waals surface area contributed by atoms with Gasteiger partial charge in [-0.3, -0.25) is 4.79 Å². The van der Waals surface area contributed by atoms with E-state index < -0.39 is 0 Å². The molecule has 1 aliphatic carbocycles. The van der Waals surface area contributed by atoms with Gasteiger partial charge in [0.05, 0.1) is 6.10 Å². The topological polar surface area (TPSA) is 64.3 Å². The Bertz CT molecular complexity index is 810. The number of hydrogen-bond donors (Lipinski definition) is 2. The molecule has 1 fully saturated rings. The van der Waals surface area contributed by atoms with Crippen molar-refractivity contribution in [2.75, 3.05) is 13.2 Å². The largest absolute Gasteiger partial charge is 0.378 e. The molecule has 2 aromatic carbocycles. The molecule has 4 rings (SSSR count). The van der Waals surface area contributed by atoms with Crippen LogP contribution in [0.1, 0.15) is 65.2 Å². The Morgan fingerprint density at radius 3 is 2.57 bits per heavy atom. The summed E-state index contributed by atoms with van der Waals surface area (Å²) >= 11 is 0. The second kappa shape index (κ2) is 11.3. The molecule has 162 valence electrons. The summed E-state index contributed by atoms with van der Waals surface area (Å²) < 4.78 is 5.30. The summed E-state index contributed by atoms with van der Waals surface area (Å²) in [6.07, 6.45) is 8.22. The van der Waals surface area contributed by atoms with E-state index in [-0.39, 0.29) is 11.9 Å². The zero-order valence-electron chi connectivity index (χ0n) is 18.5. The molecule has 1 amide bonds. The van der Waals surface area contributed by atoms with Crippen molar-refractivity contribution in [1.29, 1.82) is 0 Å². The fraction of sp³-hybridized carbons (Fsp3) is 0.500. The van der Waals surface area contributed by atoms with Crippen LogP contribution in [0, 0.1) is 6.92 Å². The zero-order valence-corrected chi connectivity index (χ0v) is 18.5. The summed E-state index contributed by atoms with van der Waals surface area (Å²) in [6, 6.07) is 14.6. The van der Waals surface area contributed by atoms with Crippen LogP contribution in [-0.2, 0) is 24.0 Å². The summed E-state index contributed by atoms with van der Waals surface area (Å²) in [5.41, 5.74) is 11.6. The highest BCUT2D eigenvalue weighted by atomic mass is 16.5. The zero-order chi connectivity index (χ0) is 21.3. The van der Waals surface area contributed by atoms with Crippen LogP contribution in [-0.4, -0.2) is 31.2 Å². The van der Waals surface area contributed by atoms with E-state index in [0.717, 1.165) is 37.9 Å². The van der Waals surface area contributed by atoms with E-state index >= 15 is 0 Å². The molecule has 2 atom stereocenters. The standard InChI is InChI=1S/C20H24N2O.C6H12O/c1-14-2-5-16(6-3-14)20(23)22-19-9-8-17-12-15(10-11-21)4-7-18(17)13-19;1-2-6-4-3-5-7-6/h2-7,12,19H,8-11,13,21H2,1H3,(H,22,23);6H,2-5H2,1H3. The van der Waals surface area contributed by atoms with Crippen molar-refractivity contribution in [2.24, 2.45) is 5.73 Å². The first-order valence-electron chi connectivity index (χ1n) is 11.4. The first-order valence-corrected chi connectivity index (χ1v) is 11.4. The van der Waals surface area contributed by atoms with Gasteiger partial charge in [0.1, 0.15) is 0 Å². The van der Waals surface area contributed by atoms with Gasteiger partial charge in [-0.15, -0.1) is 0 Å². The Balaban J connectivity index is 0.000000310. The molecule has 3 N–H and O–H groups in total. The molecule has 0 saturated carbocycles. The van der Waals surface area contributed by atoms with E-state index in [1.54, 1.807) is 0 Å². The molecule has 1 saturated heterocycles. The van der Waals surface area contributed by atoms with Crippen molar-refractivity contribution in [3.63, 3.8) is 0 Å². The maximum atomic E-state index is 12.4. The first-order chi connectivity index (χ1) is 14.6. The van der Waals surface area contributed by atoms with Crippen LogP contribution in [0.25, 0.3) is 0 Å². The van der Waals surface area contributed by atoms with Gasteiger partial charge in [-0.2, -0.15) is 0 Å². The van der Waals surface area contributed by atoms with Crippen molar-refractivity contribution in [2.45, 2.75) is 70.9 Å². The Morgan fingerprint density at radius 1 is 1.13 bits per heavy atom. The van der Waals surface area contributed by atoms with Crippen LogP contribution in [0.3, 0.4) is 0 Å². The lowest BCUT2D eigenvalue weighted by atomic mass is 9.86. The lowest BCUT2D eigenvalue weighted by Crippen LogP contribution is -2.38. The minimum absolute atomic E-state index is 0.0261. The molecule has 2 aliphatic rings. The van der Waals surface area contributed by atoms with E-state index in [0.29, 0.717) is 12.6 Å². The van der Waals surface area contributed by atoms with Crippen LogP contribution < -0.4 is 11.1 Å². The van der Waals surface area contributed by atoms with Crippen LogP contribution in [0.2, 0.25) is 0 Å². The highest BCUT2D eigenvalue weighted by Gasteiger charge is 2.21. The molecular weight excluding hydrogens is 372 g/mol. The molecule has 2 aromatic rings. The molecule has 2 unspecified atom stereocenters. The third kappa shape index (κ3) is 6.41. The van der Waals surface area contributed by atoms with Crippen molar-refractivity contribution in [3.05, 3.63) is 70.3 Å². The van der Waals surface area contributed by atoms with E-state index in [9.17, 15) is 4.79 Å². The van der Waals surface area contributed by atoms with E-state index in [2.05, 4.69) is 30.4 Å². The van der Waals surface area contributed by atoms with Gasteiger partial charge in [0.25, 0.3) is 5.91 Å².